The van der Waals surface area contributed by atoms with E-state index in [1.807, 2.05) is 0 Å². The normalized spacial score (nSPS) is 22.7. The molecule has 1 N–H and O–H groups in total. The second kappa shape index (κ2) is 6.72. The molecule has 2 atom stereocenters. The molecule has 1 saturated heterocycles. The van der Waals surface area contributed by atoms with Crippen molar-refractivity contribution in [2.75, 3.05) is 30.4 Å². The Kier molecular flexibility index (Phi) is 4.98. The van der Waals surface area contributed by atoms with E-state index >= 15 is 0 Å². The van der Waals surface area contributed by atoms with Crippen molar-refractivity contribution in [3.05, 3.63) is 0 Å². The summed E-state index contributed by atoms with van der Waals surface area (Å²) < 4.78 is 5.20. The molecule has 0 radical (unpaired) electrons. The molecule has 1 aromatic rings. The first-order chi connectivity index (χ1) is 9.65. The van der Waals surface area contributed by atoms with E-state index in [4.69, 9.17) is 4.74 Å². The van der Waals surface area contributed by atoms with Crippen LogP contribution in [0, 0.1) is 5.92 Å². The number of nitrogens with one attached hydrogen (secondary N) is 1. The minimum Gasteiger partial charge on any atom is -0.467 e. The molecule has 1 aromatic heterocycles. The molecule has 0 saturated carbocycles. The van der Waals surface area contributed by atoms with Crippen LogP contribution in [0.1, 0.15) is 40.0 Å². The molecule has 6 nitrogen and oxygen atoms in total. The van der Waals surface area contributed by atoms with Crippen molar-refractivity contribution in [1.29, 1.82) is 0 Å². The van der Waals surface area contributed by atoms with Crippen LogP contribution in [-0.4, -0.2) is 41.2 Å². The first-order valence-corrected chi connectivity index (χ1v) is 7.46. The average molecular weight is 279 g/mol. The maximum absolute atomic E-state index is 5.20. The van der Waals surface area contributed by atoms with Gasteiger partial charge in [-0.05, 0) is 32.1 Å². The van der Waals surface area contributed by atoms with E-state index in [0.717, 1.165) is 25.5 Å². The molecule has 0 aromatic carbocycles. The lowest BCUT2D eigenvalue weighted by atomic mass is 9.92. The van der Waals surface area contributed by atoms with Crippen LogP contribution in [0.5, 0.6) is 6.01 Å². The summed E-state index contributed by atoms with van der Waals surface area (Å²) in [5.41, 5.74) is 0. The Labute approximate surface area is 121 Å². The molecule has 0 aliphatic carbocycles. The molecule has 1 aliphatic rings. The number of aromatic nitrogens is 3. The summed E-state index contributed by atoms with van der Waals surface area (Å²) >= 11 is 0. The number of nitrogens with zero attached hydrogens (tertiary/aromatic N) is 4. The summed E-state index contributed by atoms with van der Waals surface area (Å²) in [6, 6.07) is 0.814. The zero-order valence-corrected chi connectivity index (χ0v) is 12.9. The van der Waals surface area contributed by atoms with Gasteiger partial charge in [-0.3, -0.25) is 0 Å². The molecule has 2 rings (SSSR count). The molecular weight excluding hydrogens is 254 g/mol. The predicted octanol–water partition coefficient (Wildman–Crippen LogP) is 2.33. The highest BCUT2D eigenvalue weighted by molar-refractivity contribution is 5.39. The van der Waals surface area contributed by atoms with Crippen molar-refractivity contribution in [3.63, 3.8) is 0 Å². The summed E-state index contributed by atoms with van der Waals surface area (Å²) in [5.74, 6) is 1.96. The van der Waals surface area contributed by atoms with Crippen molar-refractivity contribution >= 4 is 11.9 Å². The molecule has 6 heteroatoms. The van der Waals surface area contributed by atoms with Crippen LogP contribution in [0.3, 0.4) is 0 Å². The van der Waals surface area contributed by atoms with Crippen LogP contribution < -0.4 is 15.0 Å². The van der Waals surface area contributed by atoms with E-state index < -0.39 is 0 Å². The first kappa shape index (κ1) is 14.8. The highest BCUT2D eigenvalue weighted by Crippen LogP contribution is 2.27. The lowest BCUT2D eigenvalue weighted by Crippen LogP contribution is -2.43. The number of methoxy groups -OCH3 is 1. The second-order valence-electron chi connectivity index (χ2n) is 5.43. The number of hydrogen-bond acceptors (Lipinski definition) is 6. The third-order valence-corrected chi connectivity index (χ3v) is 3.95. The lowest BCUT2D eigenvalue weighted by Gasteiger charge is -2.37. The fourth-order valence-electron chi connectivity index (χ4n) is 2.50. The van der Waals surface area contributed by atoms with Gasteiger partial charge in [0.05, 0.1) is 7.11 Å². The molecule has 1 fully saturated rings. The van der Waals surface area contributed by atoms with Gasteiger partial charge in [-0.1, -0.05) is 13.8 Å². The van der Waals surface area contributed by atoms with Crippen LogP contribution in [0.2, 0.25) is 0 Å². The molecule has 0 amide bonds. The summed E-state index contributed by atoms with van der Waals surface area (Å²) in [7, 11) is 1.59. The van der Waals surface area contributed by atoms with Crippen molar-refractivity contribution in [1.82, 2.24) is 15.0 Å². The largest absolute Gasteiger partial charge is 0.467 e. The van der Waals surface area contributed by atoms with Gasteiger partial charge in [0.15, 0.2) is 0 Å². The van der Waals surface area contributed by atoms with Gasteiger partial charge in [0.25, 0.3) is 0 Å². The quantitative estimate of drug-likeness (QED) is 0.892. The zero-order chi connectivity index (χ0) is 14.5. The van der Waals surface area contributed by atoms with Crippen molar-refractivity contribution in [3.8, 4) is 6.01 Å². The SMILES string of the molecule is CCCNc1nc(OC)nc(N2CCCC(C)C2C)n1. The summed E-state index contributed by atoms with van der Waals surface area (Å²) in [4.78, 5) is 15.5. The van der Waals surface area contributed by atoms with E-state index in [1.54, 1.807) is 7.11 Å². The van der Waals surface area contributed by atoms with E-state index in [-0.39, 0.29) is 0 Å². The van der Waals surface area contributed by atoms with Gasteiger partial charge in [-0.15, -0.1) is 0 Å². The first-order valence-electron chi connectivity index (χ1n) is 7.46. The smallest absolute Gasteiger partial charge is 0.322 e. The fourth-order valence-corrected chi connectivity index (χ4v) is 2.50. The van der Waals surface area contributed by atoms with Crippen LogP contribution in [0.4, 0.5) is 11.9 Å². The fraction of sp³-hybridized carbons (Fsp3) is 0.786. The van der Waals surface area contributed by atoms with Gasteiger partial charge in [-0.25, -0.2) is 0 Å². The molecule has 2 unspecified atom stereocenters. The van der Waals surface area contributed by atoms with Crippen LogP contribution in [0.25, 0.3) is 0 Å². The second-order valence-corrected chi connectivity index (χ2v) is 5.43. The Morgan fingerprint density at radius 2 is 2.10 bits per heavy atom. The van der Waals surface area contributed by atoms with E-state index in [0.29, 0.717) is 23.9 Å². The number of hydrogen-bond donors (Lipinski definition) is 1. The molecule has 0 spiro atoms. The minimum atomic E-state index is 0.374. The topological polar surface area (TPSA) is 63.2 Å². The molecule has 112 valence electrons. The average Bonchev–Trinajstić information content (AvgIpc) is 2.47. The monoisotopic (exact) mass is 279 g/mol. The van der Waals surface area contributed by atoms with Crippen molar-refractivity contribution < 1.29 is 4.74 Å². The standard InChI is InChI=1S/C14H25N5O/c1-5-8-15-12-16-13(18-14(17-12)20-4)19-9-6-7-10(2)11(19)3/h10-11H,5-9H2,1-4H3,(H,15,16,17,18). The Morgan fingerprint density at radius 3 is 2.80 bits per heavy atom. The Hall–Kier alpha value is -1.59. The maximum atomic E-state index is 5.20. The van der Waals surface area contributed by atoms with Gasteiger partial charge in [-0.2, -0.15) is 15.0 Å². The lowest BCUT2D eigenvalue weighted by molar-refractivity contribution is 0.351. The van der Waals surface area contributed by atoms with E-state index in [9.17, 15) is 0 Å². The molecular formula is C14H25N5O. The van der Waals surface area contributed by atoms with Crippen LogP contribution in [0.15, 0.2) is 0 Å². The van der Waals surface area contributed by atoms with Crippen molar-refractivity contribution in [2.45, 2.75) is 46.1 Å². The molecule has 1 aliphatic heterocycles. The van der Waals surface area contributed by atoms with Gasteiger partial charge in [0, 0.05) is 19.1 Å². The van der Waals surface area contributed by atoms with Gasteiger partial charge in [0.2, 0.25) is 11.9 Å². The highest BCUT2D eigenvalue weighted by atomic mass is 16.5. The highest BCUT2D eigenvalue weighted by Gasteiger charge is 2.27. The third-order valence-electron chi connectivity index (χ3n) is 3.95. The minimum absolute atomic E-state index is 0.374. The number of piperidine rings is 1. The van der Waals surface area contributed by atoms with Gasteiger partial charge in [0.1, 0.15) is 0 Å². The van der Waals surface area contributed by atoms with E-state index in [2.05, 4.69) is 45.9 Å². The molecule has 0 bridgehead atoms. The maximum Gasteiger partial charge on any atom is 0.322 e. The van der Waals surface area contributed by atoms with Gasteiger partial charge >= 0.3 is 6.01 Å². The van der Waals surface area contributed by atoms with Gasteiger partial charge < -0.3 is 15.0 Å². The molecule has 20 heavy (non-hydrogen) atoms. The van der Waals surface area contributed by atoms with Crippen molar-refractivity contribution in [2.24, 2.45) is 5.92 Å². The van der Waals surface area contributed by atoms with Crippen LogP contribution in [-0.2, 0) is 0 Å². The molecule has 2 heterocycles. The zero-order valence-electron chi connectivity index (χ0n) is 12.9. The summed E-state index contributed by atoms with van der Waals surface area (Å²) in [6.45, 7) is 8.47. The third kappa shape index (κ3) is 3.29. The van der Waals surface area contributed by atoms with Crippen LogP contribution >= 0.6 is 0 Å². The number of rotatable bonds is 5. The summed E-state index contributed by atoms with van der Waals surface area (Å²) in [6.07, 6.45) is 3.47. The number of anilines is 2. The summed E-state index contributed by atoms with van der Waals surface area (Å²) in [5, 5.41) is 3.21. The Bertz CT molecular complexity index is 440. The Morgan fingerprint density at radius 1 is 1.30 bits per heavy atom. The Balaban J connectivity index is 2.24. The number of ether oxygens (including phenoxy) is 1. The van der Waals surface area contributed by atoms with E-state index in [1.165, 1.54) is 12.8 Å². The predicted molar refractivity (Wildman–Crippen MR) is 80.4 cm³/mol.